The monoisotopic (exact) mass is 176 g/mol. The van der Waals surface area contributed by atoms with Crippen LogP contribution in [-0.4, -0.2) is 34.0 Å². The number of hydrogen-bond donors (Lipinski definition) is 3. The van der Waals surface area contributed by atoms with Crippen LogP contribution < -0.4 is 0 Å². The summed E-state index contributed by atoms with van der Waals surface area (Å²) >= 11 is 0. The molecule has 0 saturated heterocycles. The molecule has 0 bridgehead atoms. The van der Waals surface area contributed by atoms with Gasteiger partial charge >= 0.3 is 5.97 Å². The highest BCUT2D eigenvalue weighted by Gasteiger charge is 2.01. The van der Waals surface area contributed by atoms with E-state index in [0.29, 0.717) is 12.8 Å². The fraction of sp³-hybridized carbons (Fsp3) is 0.875. The normalized spacial score (nSPS) is 12.8. The van der Waals surface area contributed by atoms with Gasteiger partial charge in [0.1, 0.15) is 0 Å². The maximum Gasteiger partial charge on any atom is 0.303 e. The van der Waals surface area contributed by atoms with Gasteiger partial charge in [0.25, 0.3) is 0 Å². The van der Waals surface area contributed by atoms with Crippen LogP contribution in [0.25, 0.3) is 0 Å². The molecule has 72 valence electrons. The Morgan fingerprint density at radius 1 is 1.25 bits per heavy atom. The van der Waals surface area contributed by atoms with E-state index in [9.17, 15) is 4.79 Å². The van der Waals surface area contributed by atoms with E-state index in [1.54, 1.807) is 0 Å². The third-order valence-corrected chi connectivity index (χ3v) is 1.64. The zero-order valence-electron chi connectivity index (χ0n) is 7.07. The third kappa shape index (κ3) is 7.50. The van der Waals surface area contributed by atoms with Gasteiger partial charge in [0.2, 0.25) is 0 Å². The zero-order chi connectivity index (χ0) is 9.40. The number of rotatable bonds is 7. The number of carboxylic acids is 1. The standard InChI is InChI=1S/C8H16O4/c9-6-7(10)4-2-1-3-5-8(11)12/h7,9-10H,1-6H2,(H,11,12). The number of carbonyl (C=O) groups is 1. The van der Waals surface area contributed by atoms with Gasteiger partial charge in [-0.2, -0.15) is 0 Å². The lowest BCUT2D eigenvalue weighted by molar-refractivity contribution is -0.137. The van der Waals surface area contributed by atoms with Crippen molar-refractivity contribution in [2.24, 2.45) is 0 Å². The highest BCUT2D eigenvalue weighted by Crippen LogP contribution is 2.05. The van der Waals surface area contributed by atoms with Gasteiger partial charge in [-0.1, -0.05) is 12.8 Å². The summed E-state index contributed by atoms with van der Waals surface area (Å²) in [6, 6.07) is 0. The van der Waals surface area contributed by atoms with E-state index < -0.39 is 12.1 Å². The van der Waals surface area contributed by atoms with Crippen molar-refractivity contribution in [3.05, 3.63) is 0 Å². The Morgan fingerprint density at radius 3 is 2.42 bits per heavy atom. The van der Waals surface area contributed by atoms with Gasteiger partial charge in [-0.05, 0) is 12.8 Å². The van der Waals surface area contributed by atoms with E-state index in [1.165, 1.54) is 0 Å². The molecular formula is C8H16O4. The van der Waals surface area contributed by atoms with Gasteiger partial charge < -0.3 is 15.3 Å². The van der Waals surface area contributed by atoms with Crippen LogP contribution in [0.4, 0.5) is 0 Å². The van der Waals surface area contributed by atoms with Crippen LogP contribution in [0.2, 0.25) is 0 Å². The molecule has 0 spiro atoms. The molecule has 0 amide bonds. The second-order valence-electron chi connectivity index (χ2n) is 2.83. The molecule has 4 nitrogen and oxygen atoms in total. The van der Waals surface area contributed by atoms with Gasteiger partial charge in [-0.25, -0.2) is 0 Å². The van der Waals surface area contributed by atoms with Gasteiger partial charge in [-0.15, -0.1) is 0 Å². The molecule has 0 aliphatic rings. The number of hydrogen-bond acceptors (Lipinski definition) is 3. The minimum Gasteiger partial charge on any atom is -0.481 e. The van der Waals surface area contributed by atoms with Crippen molar-refractivity contribution in [3.8, 4) is 0 Å². The van der Waals surface area contributed by atoms with Gasteiger partial charge in [-0.3, -0.25) is 4.79 Å². The molecule has 1 unspecified atom stereocenters. The van der Waals surface area contributed by atoms with Crippen LogP contribution in [0.1, 0.15) is 32.1 Å². The van der Waals surface area contributed by atoms with Crippen molar-refractivity contribution >= 4 is 5.97 Å². The topological polar surface area (TPSA) is 77.8 Å². The average molecular weight is 176 g/mol. The molecule has 0 aliphatic carbocycles. The Kier molecular flexibility index (Phi) is 6.70. The summed E-state index contributed by atoms with van der Waals surface area (Å²) in [6.45, 7) is -0.209. The molecule has 0 fully saturated rings. The molecule has 0 aromatic heterocycles. The maximum absolute atomic E-state index is 10.1. The summed E-state index contributed by atoms with van der Waals surface area (Å²) < 4.78 is 0. The molecule has 0 heterocycles. The maximum atomic E-state index is 10.1. The van der Waals surface area contributed by atoms with E-state index in [0.717, 1.165) is 12.8 Å². The molecule has 0 rings (SSSR count). The average Bonchev–Trinajstić information content (AvgIpc) is 2.03. The number of aliphatic hydroxyl groups is 2. The first-order valence-corrected chi connectivity index (χ1v) is 4.17. The van der Waals surface area contributed by atoms with E-state index >= 15 is 0 Å². The van der Waals surface area contributed by atoms with Gasteiger partial charge in [0, 0.05) is 6.42 Å². The second-order valence-corrected chi connectivity index (χ2v) is 2.83. The van der Waals surface area contributed by atoms with Gasteiger partial charge in [0.05, 0.1) is 12.7 Å². The zero-order valence-corrected chi connectivity index (χ0v) is 7.07. The van der Waals surface area contributed by atoms with Crippen molar-refractivity contribution in [2.75, 3.05) is 6.61 Å². The number of aliphatic hydroxyl groups excluding tert-OH is 2. The van der Waals surface area contributed by atoms with Crippen molar-refractivity contribution in [2.45, 2.75) is 38.2 Å². The minimum atomic E-state index is -0.780. The molecular weight excluding hydrogens is 160 g/mol. The fourth-order valence-electron chi connectivity index (χ4n) is 0.924. The van der Waals surface area contributed by atoms with Gasteiger partial charge in [0.15, 0.2) is 0 Å². The number of aliphatic carboxylic acids is 1. The van der Waals surface area contributed by atoms with E-state index in [1.807, 2.05) is 0 Å². The molecule has 0 aromatic carbocycles. The van der Waals surface area contributed by atoms with E-state index in [-0.39, 0.29) is 13.0 Å². The SMILES string of the molecule is O=C(O)CCCCCC(O)CO. The quantitative estimate of drug-likeness (QED) is 0.490. The highest BCUT2D eigenvalue weighted by atomic mass is 16.4. The van der Waals surface area contributed by atoms with Crippen molar-refractivity contribution in [1.82, 2.24) is 0 Å². The Labute approximate surface area is 71.8 Å². The van der Waals surface area contributed by atoms with Crippen LogP contribution in [-0.2, 0) is 4.79 Å². The summed E-state index contributed by atoms with van der Waals surface area (Å²) in [6.07, 6.45) is 2.31. The number of unbranched alkanes of at least 4 members (excludes halogenated alkanes) is 2. The van der Waals surface area contributed by atoms with Crippen LogP contribution >= 0.6 is 0 Å². The predicted octanol–water partition coefficient (Wildman–Crippen LogP) is 0.375. The summed E-state index contributed by atoms with van der Waals surface area (Å²) in [5, 5.41) is 25.6. The van der Waals surface area contributed by atoms with Crippen LogP contribution in [0.3, 0.4) is 0 Å². The van der Waals surface area contributed by atoms with Crippen LogP contribution in [0, 0.1) is 0 Å². The fourth-order valence-corrected chi connectivity index (χ4v) is 0.924. The summed E-state index contributed by atoms with van der Waals surface area (Å²) in [5.41, 5.74) is 0. The smallest absolute Gasteiger partial charge is 0.303 e. The molecule has 1 atom stereocenters. The van der Waals surface area contributed by atoms with E-state index in [4.69, 9.17) is 15.3 Å². The third-order valence-electron chi connectivity index (χ3n) is 1.64. The first kappa shape index (κ1) is 11.4. The summed E-state index contributed by atoms with van der Waals surface area (Å²) in [5.74, 6) is -0.780. The highest BCUT2D eigenvalue weighted by molar-refractivity contribution is 5.66. The molecule has 12 heavy (non-hydrogen) atoms. The Morgan fingerprint density at radius 2 is 1.92 bits per heavy atom. The molecule has 0 saturated carbocycles. The first-order chi connectivity index (χ1) is 5.66. The molecule has 0 aromatic rings. The lowest BCUT2D eigenvalue weighted by atomic mass is 10.1. The van der Waals surface area contributed by atoms with Crippen molar-refractivity contribution < 1.29 is 20.1 Å². The van der Waals surface area contributed by atoms with Crippen molar-refractivity contribution in [1.29, 1.82) is 0 Å². The van der Waals surface area contributed by atoms with Crippen LogP contribution in [0.15, 0.2) is 0 Å². The van der Waals surface area contributed by atoms with E-state index in [2.05, 4.69) is 0 Å². The van der Waals surface area contributed by atoms with Crippen LogP contribution in [0.5, 0.6) is 0 Å². The largest absolute Gasteiger partial charge is 0.481 e. The Hall–Kier alpha value is -0.610. The first-order valence-electron chi connectivity index (χ1n) is 4.17. The molecule has 3 N–H and O–H groups in total. The summed E-state index contributed by atoms with van der Waals surface area (Å²) in [7, 11) is 0. The number of carboxylic acid groups (broad SMARTS) is 1. The molecule has 0 aliphatic heterocycles. The lowest BCUT2D eigenvalue weighted by Crippen LogP contribution is -2.11. The molecule has 4 heteroatoms. The van der Waals surface area contributed by atoms with Crippen molar-refractivity contribution in [3.63, 3.8) is 0 Å². The lowest BCUT2D eigenvalue weighted by Gasteiger charge is -2.04. The minimum absolute atomic E-state index is 0.190. The molecule has 0 radical (unpaired) electrons. The Bertz CT molecular complexity index is 124. The Balaban J connectivity index is 3.05. The second kappa shape index (κ2) is 7.06. The summed E-state index contributed by atoms with van der Waals surface area (Å²) in [4.78, 5) is 10.1. The predicted molar refractivity (Wildman–Crippen MR) is 43.8 cm³/mol.